The minimum absolute atomic E-state index is 0.104. The van der Waals surface area contributed by atoms with E-state index in [0.717, 1.165) is 27.5 Å². The van der Waals surface area contributed by atoms with Gasteiger partial charge in [-0.1, -0.05) is 40.2 Å². The molecule has 0 bridgehead atoms. The van der Waals surface area contributed by atoms with Crippen LogP contribution in [0.5, 0.6) is 0 Å². The van der Waals surface area contributed by atoms with Crippen LogP contribution in [0, 0.1) is 0 Å². The summed E-state index contributed by atoms with van der Waals surface area (Å²) in [4.78, 5) is 16.3. The second-order valence-electron chi connectivity index (χ2n) is 7.07. The van der Waals surface area contributed by atoms with Crippen LogP contribution < -0.4 is 5.32 Å². The summed E-state index contributed by atoms with van der Waals surface area (Å²) in [7, 11) is 0. The molecule has 2 aliphatic carbocycles. The lowest BCUT2D eigenvalue weighted by Crippen LogP contribution is -2.52. The summed E-state index contributed by atoms with van der Waals surface area (Å²) in [5.74, 6) is -0.807. The van der Waals surface area contributed by atoms with Gasteiger partial charge < -0.3 is 10.4 Å². The molecular formula is C20H18Br2N2O2. The summed E-state index contributed by atoms with van der Waals surface area (Å²) >= 11 is 7.16. The van der Waals surface area contributed by atoms with Gasteiger partial charge in [0.1, 0.15) is 5.54 Å². The molecule has 4 rings (SSSR count). The molecule has 6 heteroatoms. The van der Waals surface area contributed by atoms with Gasteiger partial charge in [-0.15, -0.1) is 0 Å². The first-order chi connectivity index (χ1) is 12.5. The van der Waals surface area contributed by atoms with Gasteiger partial charge in [-0.3, -0.25) is 4.98 Å². The molecule has 0 radical (unpaired) electrons. The molecule has 134 valence electrons. The molecule has 0 atom stereocenters. The largest absolute Gasteiger partial charge is 0.480 e. The van der Waals surface area contributed by atoms with Gasteiger partial charge in [-0.25, -0.2) is 4.79 Å². The van der Waals surface area contributed by atoms with Crippen molar-refractivity contribution in [2.45, 2.75) is 36.6 Å². The first-order valence-corrected chi connectivity index (χ1v) is 10.1. The number of anilines is 1. The van der Waals surface area contributed by atoms with Crippen LogP contribution in [-0.4, -0.2) is 21.6 Å². The fraction of sp³-hybridized carbons (Fsp3) is 0.300. The Morgan fingerprint density at radius 3 is 2.54 bits per heavy atom. The van der Waals surface area contributed by atoms with E-state index in [4.69, 9.17) is 0 Å². The fourth-order valence-electron chi connectivity index (χ4n) is 4.22. The first-order valence-electron chi connectivity index (χ1n) is 8.55. The molecule has 0 amide bonds. The van der Waals surface area contributed by atoms with Crippen LogP contribution >= 0.6 is 31.9 Å². The van der Waals surface area contributed by atoms with Crippen molar-refractivity contribution in [3.8, 4) is 0 Å². The zero-order valence-corrected chi connectivity index (χ0v) is 17.2. The third-order valence-corrected chi connectivity index (χ3v) is 7.09. The van der Waals surface area contributed by atoms with Crippen LogP contribution in [0.4, 0.5) is 5.69 Å². The Bertz CT molecular complexity index is 902. The van der Waals surface area contributed by atoms with E-state index in [9.17, 15) is 9.90 Å². The van der Waals surface area contributed by atoms with Gasteiger partial charge in [0.2, 0.25) is 0 Å². The predicted molar refractivity (Wildman–Crippen MR) is 109 cm³/mol. The molecule has 1 saturated carbocycles. The van der Waals surface area contributed by atoms with Crippen LogP contribution in [0.3, 0.4) is 0 Å². The molecule has 1 aromatic carbocycles. The first kappa shape index (κ1) is 17.7. The van der Waals surface area contributed by atoms with E-state index in [1.807, 2.05) is 12.1 Å². The van der Waals surface area contributed by atoms with E-state index in [1.54, 1.807) is 12.4 Å². The molecule has 0 unspecified atom stereocenters. The van der Waals surface area contributed by atoms with Gasteiger partial charge in [0, 0.05) is 20.6 Å². The molecule has 26 heavy (non-hydrogen) atoms. The lowest BCUT2D eigenvalue weighted by atomic mass is 9.65. The van der Waals surface area contributed by atoms with Crippen molar-refractivity contribution >= 4 is 49.6 Å². The van der Waals surface area contributed by atoms with Crippen molar-refractivity contribution in [3.05, 3.63) is 62.8 Å². The lowest BCUT2D eigenvalue weighted by molar-refractivity contribution is -0.143. The highest BCUT2D eigenvalue weighted by molar-refractivity contribution is 9.12. The number of benzene rings is 1. The molecule has 2 N–H and O–H groups in total. The second-order valence-corrected chi connectivity index (χ2v) is 8.84. The topological polar surface area (TPSA) is 62.2 Å². The van der Waals surface area contributed by atoms with Gasteiger partial charge in [-0.2, -0.15) is 0 Å². The van der Waals surface area contributed by atoms with E-state index in [2.05, 4.69) is 66.4 Å². The minimum atomic E-state index is -0.974. The number of aliphatic carboxylic acids is 1. The predicted octanol–water partition coefficient (Wildman–Crippen LogP) is 5.34. The lowest BCUT2D eigenvalue weighted by Gasteiger charge is -2.44. The Balaban J connectivity index is 1.63. The normalized spacial score (nSPS) is 27.1. The van der Waals surface area contributed by atoms with Crippen molar-refractivity contribution in [2.75, 3.05) is 5.32 Å². The molecule has 2 aliphatic rings. The van der Waals surface area contributed by atoms with Gasteiger partial charge in [-0.05, 0) is 64.9 Å². The van der Waals surface area contributed by atoms with E-state index in [1.165, 1.54) is 11.1 Å². The number of aromatic nitrogens is 1. The van der Waals surface area contributed by atoms with Gasteiger partial charge in [0.15, 0.2) is 0 Å². The van der Waals surface area contributed by atoms with Crippen molar-refractivity contribution in [3.63, 3.8) is 0 Å². The number of hydrogen-bond donors (Lipinski definition) is 2. The summed E-state index contributed by atoms with van der Waals surface area (Å²) in [5.41, 5.74) is 2.17. The number of carbonyl (C=O) groups is 1. The number of carboxylic acid groups (broad SMARTS) is 1. The number of nitrogens with one attached hydrogen (secondary N) is 1. The maximum atomic E-state index is 12.2. The summed E-state index contributed by atoms with van der Waals surface area (Å²) < 4.78 is 1.99. The monoisotopic (exact) mass is 476 g/mol. The molecule has 1 spiro atoms. The van der Waals surface area contributed by atoms with Crippen molar-refractivity contribution in [2.24, 2.45) is 0 Å². The molecule has 1 fully saturated rings. The van der Waals surface area contributed by atoms with Crippen LogP contribution in [0.1, 0.15) is 36.8 Å². The Labute approximate surface area is 169 Å². The Morgan fingerprint density at radius 2 is 1.85 bits per heavy atom. The molecule has 2 aromatic rings. The molecular weight excluding hydrogens is 460 g/mol. The Kier molecular flexibility index (Phi) is 4.43. The summed E-state index contributed by atoms with van der Waals surface area (Å²) in [6, 6.07) is 10.3. The number of rotatable bonds is 3. The average Bonchev–Trinajstić information content (AvgIpc) is 2.89. The van der Waals surface area contributed by atoms with E-state index in [0.29, 0.717) is 12.8 Å². The summed E-state index contributed by atoms with van der Waals surface area (Å²) in [5, 5.41) is 13.2. The SMILES string of the molecule is O=C(O)C1(Nc2cncc(Br)c2)CCC2(CC1)C(Br)=Cc1ccccc12. The number of allylic oxidation sites excluding steroid dienone is 1. The zero-order chi connectivity index (χ0) is 18.4. The van der Waals surface area contributed by atoms with Crippen molar-refractivity contribution in [1.29, 1.82) is 0 Å². The highest BCUT2D eigenvalue weighted by Gasteiger charge is 2.51. The van der Waals surface area contributed by atoms with Crippen molar-refractivity contribution in [1.82, 2.24) is 4.98 Å². The van der Waals surface area contributed by atoms with Gasteiger partial charge in [0.05, 0.1) is 11.9 Å². The van der Waals surface area contributed by atoms with E-state index >= 15 is 0 Å². The quantitative estimate of drug-likeness (QED) is 0.626. The summed E-state index contributed by atoms with van der Waals surface area (Å²) in [6.45, 7) is 0. The molecule has 4 nitrogen and oxygen atoms in total. The number of halogens is 2. The van der Waals surface area contributed by atoms with Crippen LogP contribution in [0.15, 0.2) is 51.7 Å². The van der Waals surface area contributed by atoms with Crippen LogP contribution in [0.25, 0.3) is 6.08 Å². The number of hydrogen-bond acceptors (Lipinski definition) is 3. The number of pyridine rings is 1. The third kappa shape index (κ3) is 2.79. The smallest absolute Gasteiger partial charge is 0.329 e. The highest BCUT2D eigenvalue weighted by Crippen LogP contribution is 2.55. The van der Waals surface area contributed by atoms with Crippen molar-refractivity contribution < 1.29 is 9.90 Å². The Morgan fingerprint density at radius 1 is 1.12 bits per heavy atom. The standard InChI is InChI=1S/C20H18Br2N2O2/c21-14-10-15(12-23-11-14)24-20(18(25)26)7-5-19(6-8-20)16-4-2-1-3-13(16)9-17(19)22/h1-4,9-12,24H,5-8H2,(H,25,26). The van der Waals surface area contributed by atoms with Crippen LogP contribution in [0.2, 0.25) is 0 Å². The molecule has 0 saturated heterocycles. The maximum absolute atomic E-state index is 12.2. The summed E-state index contributed by atoms with van der Waals surface area (Å²) in [6.07, 6.45) is 8.18. The Hall–Kier alpha value is -1.66. The number of nitrogens with zero attached hydrogens (tertiary/aromatic N) is 1. The van der Waals surface area contributed by atoms with Gasteiger partial charge >= 0.3 is 5.97 Å². The van der Waals surface area contributed by atoms with E-state index < -0.39 is 11.5 Å². The second kappa shape index (κ2) is 6.50. The van der Waals surface area contributed by atoms with Crippen LogP contribution in [-0.2, 0) is 10.2 Å². The molecule has 0 aliphatic heterocycles. The number of carboxylic acids is 1. The van der Waals surface area contributed by atoms with E-state index in [-0.39, 0.29) is 5.41 Å². The highest BCUT2D eigenvalue weighted by atomic mass is 79.9. The third-order valence-electron chi connectivity index (χ3n) is 5.67. The van der Waals surface area contributed by atoms with Gasteiger partial charge in [0.25, 0.3) is 0 Å². The molecule has 1 heterocycles. The fourth-order valence-corrected chi connectivity index (χ4v) is 5.44. The average molecular weight is 478 g/mol. The maximum Gasteiger partial charge on any atom is 0.329 e. The minimum Gasteiger partial charge on any atom is -0.480 e. The zero-order valence-electron chi connectivity index (χ0n) is 14.0. The number of fused-ring (bicyclic) bond motifs is 2. The molecule has 1 aromatic heterocycles.